The Hall–Kier alpha value is -1.22. The van der Waals surface area contributed by atoms with Crippen molar-refractivity contribution in [3.8, 4) is 0 Å². The smallest absolute Gasteiger partial charge is 0.130 e. The summed E-state index contributed by atoms with van der Waals surface area (Å²) in [6.45, 7) is 7.86. The van der Waals surface area contributed by atoms with E-state index in [2.05, 4.69) is 18.4 Å². The van der Waals surface area contributed by atoms with Crippen LogP contribution in [0.25, 0.3) is 0 Å². The molecule has 18 heavy (non-hydrogen) atoms. The zero-order chi connectivity index (χ0) is 13.3. The van der Waals surface area contributed by atoms with Crippen molar-refractivity contribution >= 4 is 0 Å². The Balaban J connectivity index is 2.16. The molecule has 1 heterocycles. The molecule has 4 unspecified atom stereocenters. The van der Waals surface area contributed by atoms with E-state index in [9.17, 15) is 8.78 Å². The van der Waals surface area contributed by atoms with E-state index >= 15 is 0 Å². The Morgan fingerprint density at radius 3 is 2.67 bits per heavy atom. The molecule has 3 heteroatoms. The molecule has 98 valence electrons. The maximum absolute atomic E-state index is 13.7. The van der Waals surface area contributed by atoms with E-state index in [1.165, 1.54) is 6.07 Å². The lowest BCUT2D eigenvalue weighted by atomic mass is 10.1. The minimum absolute atomic E-state index is 0.0134. The van der Waals surface area contributed by atoms with Gasteiger partial charge in [-0.2, -0.15) is 0 Å². The zero-order valence-electron chi connectivity index (χ0n) is 10.9. The van der Waals surface area contributed by atoms with Crippen LogP contribution in [0.2, 0.25) is 0 Å². The minimum Gasteiger partial charge on any atom is -0.287 e. The lowest BCUT2D eigenvalue weighted by Gasteiger charge is -2.16. The van der Waals surface area contributed by atoms with Gasteiger partial charge in [-0.3, -0.25) is 4.90 Å². The average molecular weight is 251 g/mol. The fourth-order valence-electron chi connectivity index (χ4n) is 2.86. The Bertz CT molecular complexity index is 444. The van der Waals surface area contributed by atoms with E-state index in [0.29, 0.717) is 17.6 Å². The molecule has 0 aromatic heterocycles. The van der Waals surface area contributed by atoms with Crippen LogP contribution >= 0.6 is 0 Å². The summed E-state index contributed by atoms with van der Waals surface area (Å²) in [6, 6.07) is 4.75. The van der Waals surface area contributed by atoms with Crippen LogP contribution in [0.1, 0.15) is 38.3 Å². The van der Waals surface area contributed by atoms with Crippen LogP contribution in [0, 0.1) is 11.6 Å². The molecule has 1 aromatic rings. The summed E-state index contributed by atoms with van der Waals surface area (Å²) >= 11 is 0. The zero-order valence-corrected chi connectivity index (χ0v) is 10.9. The van der Waals surface area contributed by atoms with Crippen LogP contribution in [0.5, 0.6) is 0 Å². The third-order valence-corrected chi connectivity index (χ3v) is 3.81. The first kappa shape index (κ1) is 13.2. The molecule has 0 spiro atoms. The summed E-state index contributed by atoms with van der Waals surface area (Å²) in [7, 11) is 0. The number of nitrogens with zero attached hydrogens (tertiary/aromatic N) is 1. The molecular weight excluding hydrogens is 232 g/mol. The fraction of sp³-hybridized carbons (Fsp3) is 0.467. The fourth-order valence-corrected chi connectivity index (χ4v) is 2.86. The monoisotopic (exact) mass is 251 g/mol. The van der Waals surface area contributed by atoms with Gasteiger partial charge in [0.25, 0.3) is 0 Å². The highest BCUT2D eigenvalue weighted by Crippen LogP contribution is 2.42. The first-order valence-electron chi connectivity index (χ1n) is 6.43. The molecule has 1 fully saturated rings. The second-order valence-corrected chi connectivity index (χ2v) is 4.86. The predicted molar refractivity (Wildman–Crippen MR) is 69.3 cm³/mol. The first-order chi connectivity index (χ1) is 8.60. The summed E-state index contributed by atoms with van der Waals surface area (Å²) in [5, 5.41) is 0. The number of rotatable bonds is 5. The van der Waals surface area contributed by atoms with Crippen LogP contribution in [-0.2, 0) is 0 Å². The van der Waals surface area contributed by atoms with Gasteiger partial charge in [-0.05, 0) is 25.8 Å². The normalized spacial score (nSPS) is 27.9. The highest BCUT2D eigenvalue weighted by Gasteiger charge is 2.48. The van der Waals surface area contributed by atoms with E-state index in [-0.39, 0.29) is 6.04 Å². The molecule has 2 rings (SSSR count). The molecule has 1 aliphatic heterocycles. The van der Waals surface area contributed by atoms with Gasteiger partial charge in [0.1, 0.15) is 11.6 Å². The number of hydrogen-bond acceptors (Lipinski definition) is 1. The summed E-state index contributed by atoms with van der Waals surface area (Å²) in [6.07, 6.45) is 3.87. The van der Waals surface area contributed by atoms with Crippen molar-refractivity contribution in [2.75, 3.05) is 0 Å². The van der Waals surface area contributed by atoms with Crippen LogP contribution < -0.4 is 0 Å². The quantitative estimate of drug-likeness (QED) is 0.563. The van der Waals surface area contributed by atoms with E-state index in [1.54, 1.807) is 6.07 Å². The number of hydrogen-bond donors (Lipinski definition) is 0. The van der Waals surface area contributed by atoms with E-state index < -0.39 is 11.6 Å². The van der Waals surface area contributed by atoms with Crippen molar-refractivity contribution < 1.29 is 8.78 Å². The molecule has 1 aliphatic rings. The maximum atomic E-state index is 13.7. The molecule has 1 aromatic carbocycles. The molecular formula is C15H19F2N. The second kappa shape index (κ2) is 5.19. The van der Waals surface area contributed by atoms with Crippen molar-refractivity contribution in [3.05, 3.63) is 48.1 Å². The van der Waals surface area contributed by atoms with Gasteiger partial charge in [-0.25, -0.2) is 8.78 Å². The standard InChI is InChI=1S/C15H19F2N/c1-4-6-15-14(5-2)18(15)10(3)12-8-7-11(16)9-13(12)17/h4,7-10,14-15H,1,5-6H2,2-3H3. The van der Waals surface area contributed by atoms with Crippen molar-refractivity contribution in [2.24, 2.45) is 0 Å². The van der Waals surface area contributed by atoms with Gasteiger partial charge >= 0.3 is 0 Å². The Morgan fingerprint density at radius 1 is 1.39 bits per heavy atom. The molecule has 0 N–H and O–H groups in total. The maximum Gasteiger partial charge on any atom is 0.130 e. The Kier molecular flexibility index (Phi) is 3.81. The van der Waals surface area contributed by atoms with Crippen molar-refractivity contribution in [3.63, 3.8) is 0 Å². The average Bonchev–Trinajstić information content (AvgIpc) is 3.02. The van der Waals surface area contributed by atoms with Gasteiger partial charge in [-0.1, -0.05) is 19.1 Å². The van der Waals surface area contributed by atoms with Crippen molar-refractivity contribution in [1.29, 1.82) is 0 Å². The summed E-state index contributed by atoms with van der Waals surface area (Å²) in [5.41, 5.74) is 0.571. The largest absolute Gasteiger partial charge is 0.287 e. The lowest BCUT2D eigenvalue weighted by molar-refractivity contribution is 0.367. The van der Waals surface area contributed by atoms with Crippen LogP contribution in [-0.4, -0.2) is 17.0 Å². The molecule has 0 bridgehead atoms. The second-order valence-electron chi connectivity index (χ2n) is 4.86. The highest BCUT2D eigenvalue weighted by atomic mass is 19.1. The van der Waals surface area contributed by atoms with Gasteiger partial charge in [0, 0.05) is 29.8 Å². The molecule has 0 aliphatic carbocycles. The van der Waals surface area contributed by atoms with Crippen molar-refractivity contribution in [1.82, 2.24) is 4.90 Å². The number of benzene rings is 1. The van der Waals surface area contributed by atoms with E-state index in [4.69, 9.17) is 0 Å². The minimum atomic E-state index is -0.524. The summed E-state index contributed by atoms with van der Waals surface area (Å²) in [5.74, 6) is -0.981. The number of halogens is 2. The molecule has 4 atom stereocenters. The first-order valence-corrected chi connectivity index (χ1v) is 6.43. The predicted octanol–water partition coefficient (Wildman–Crippen LogP) is 4.06. The van der Waals surface area contributed by atoms with Crippen LogP contribution in [0.4, 0.5) is 8.78 Å². The Morgan fingerprint density at radius 2 is 2.11 bits per heavy atom. The highest BCUT2D eigenvalue weighted by molar-refractivity contribution is 5.24. The lowest BCUT2D eigenvalue weighted by Crippen LogP contribution is -2.11. The van der Waals surface area contributed by atoms with E-state index in [1.807, 2.05) is 13.0 Å². The van der Waals surface area contributed by atoms with E-state index in [0.717, 1.165) is 18.9 Å². The summed E-state index contributed by atoms with van der Waals surface area (Å²) < 4.78 is 26.6. The van der Waals surface area contributed by atoms with Crippen LogP contribution in [0.3, 0.4) is 0 Å². The molecule has 1 nitrogen and oxygen atoms in total. The third kappa shape index (κ3) is 2.32. The van der Waals surface area contributed by atoms with Gasteiger partial charge < -0.3 is 0 Å². The topological polar surface area (TPSA) is 3.01 Å². The summed E-state index contributed by atoms with van der Waals surface area (Å²) in [4.78, 5) is 2.28. The molecule has 0 radical (unpaired) electrons. The third-order valence-electron chi connectivity index (χ3n) is 3.81. The SMILES string of the molecule is C=CCC1C(CC)N1C(C)c1ccc(F)cc1F. The Labute approximate surface area is 107 Å². The molecule has 0 saturated carbocycles. The van der Waals surface area contributed by atoms with Gasteiger partial charge in [0.2, 0.25) is 0 Å². The van der Waals surface area contributed by atoms with Crippen molar-refractivity contribution in [2.45, 2.75) is 44.8 Å². The van der Waals surface area contributed by atoms with Gasteiger partial charge in [0.15, 0.2) is 0 Å². The van der Waals surface area contributed by atoms with Gasteiger partial charge in [-0.15, -0.1) is 6.58 Å². The van der Waals surface area contributed by atoms with Gasteiger partial charge in [0.05, 0.1) is 0 Å². The van der Waals surface area contributed by atoms with Crippen LogP contribution in [0.15, 0.2) is 30.9 Å². The molecule has 1 saturated heterocycles. The molecule has 0 amide bonds.